The molecule has 0 unspecified atom stereocenters. The van der Waals surface area contributed by atoms with Gasteiger partial charge in [0.1, 0.15) is 5.69 Å². The monoisotopic (exact) mass is 454 g/mol. The van der Waals surface area contributed by atoms with Gasteiger partial charge in [-0.15, -0.1) is 0 Å². The SMILES string of the molecule is Cn1ncc(C(=O)Nc2ccc(-c3ccno3)cc2)c1C(=O)Nc1ccc(-c2ccno2)cc1. The van der Waals surface area contributed by atoms with Crippen molar-refractivity contribution in [2.45, 2.75) is 0 Å². The van der Waals surface area contributed by atoms with Crippen molar-refractivity contribution in [2.24, 2.45) is 7.05 Å². The van der Waals surface area contributed by atoms with E-state index < -0.39 is 11.8 Å². The van der Waals surface area contributed by atoms with Crippen molar-refractivity contribution in [3.8, 4) is 22.6 Å². The van der Waals surface area contributed by atoms with Crippen LogP contribution in [0, 0.1) is 0 Å². The van der Waals surface area contributed by atoms with E-state index in [4.69, 9.17) is 9.05 Å². The summed E-state index contributed by atoms with van der Waals surface area (Å²) in [5, 5.41) is 17.1. The summed E-state index contributed by atoms with van der Waals surface area (Å²) < 4.78 is 11.6. The first kappa shape index (κ1) is 20.9. The van der Waals surface area contributed by atoms with Crippen molar-refractivity contribution in [1.82, 2.24) is 20.1 Å². The van der Waals surface area contributed by atoms with Crippen LogP contribution in [0.15, 0.2) is 88.3 Å². The number of anilines is 2. The van der Waals surface area contributed by atoms with Crippen molar-refractivity contribution in [2.75, 3.05) is 10.6 Å². The number of hydrogen-bond donors (Lipinski definition) is 2. The van der Waals surface area contributed by atoms with Gasteiger partial charge >= 0.3 is 0 Å². The predicted molar refractivity (Wildman–Crippen MR) is 123 cm³/mol. The topological polar surface area (TPSA) is 128 Å². The Kier molecular flexibility index (Phi) is 5.45. The third-order valence-electron chi connectivity index (χ3n) is 5.13. The van der Waals surface area contributed by atoms with Gasteiger partial charge in [-0.2, -0.15) is 5.10 Å². The van der Waals surface area contributed by atoms with Crippen LogP contribution in [0.1, 0.15) is 20.8 Å². The Labute approximate surface area is 193 Å². The fourth-order valence-corrected chi connectivity index (χ4v) is 3.43. The summed E-state index contributed by atoms with van der Waals surface area (Å²) in [6, 6.07) is 17.6. The summed E-state index contributed by atoms with van der Waals surface area (Å²) in [6.45, 7) is 0. The molecule has 0 atom stereocenters. The predicted octanol–water partition coefficient (Wildman–Crippen LogP) is 4.23. The molecular formula is C24H18N6O4. The highest BCUT2D eigenvalue weighted by Gasteiger charge is 2.22. The van der Waals surface area contributed by atoms with E-state index in [0.717, 1.165) is 11.1 Å². The molecule has 0 saturated heterocycles. The van der Waals surface area contributed by atoms with Crippen LogP contribution in [-0.4, -0.2) is 31.9 Å². The molecule has 2 N–H and O–H groups in total. The summed E-state index contributed by atoms with van der Waals surface area (Å²) in [7, 11) is 1.60. The maximum atomic E-state index is 13.0. The second-order valence-corrected chi connectivity index (χ2v) is 7.35. The lowest BCUT2D eigenvalue weighted by atomic mass is 10.1. The molecule has 0 bridgehead atoms. The number of aromatic nitrogens is 4. The van der Waals surface area contributed by atoms with E-state index in [1.54, 1.807) is 80.1 Å². The van der Waals surface area contributed by atoms with Gasteiger partial charge in [0.2, 0.25) is 0 Å². The Bertz CT molecular complexity index is 1420. The van der Waals surface area contributed by atoms with Crippen LogP contribution >= 0.6 is 0 Å². The number of carbonyl (C=O) groups is 2. The van der Waals surface area contributed by atoms with Gasteiger partial charge in [-0.1, -0.05) is 10.3 Å². The molecule has 5 aromatic rings. The average molecular weight is 454 g/mol. The van der Waals surface area contributed by atoms with Gasteiger partial charge in [0.15, 0.2) is 11.5 Å². The molecule has 2 aromatic carbocycles. The number of aryl methyl sites for hydroxylation is 1. The van der Waals surface area contributed by atoms with E-state index in [9.17, 15) is 9.59 Å². The second kappa shape index (κ2) is 8.87. The number of hydrogen-bond acceptors (Lipinski definition) is 7. The molecule has 0 spiro atoms. The van der Waals surface area contributed by atoms with E-state index in [0.29, 0.717) is 22.9 Å². The highest BCUT2D eigenvalue weighted by Crippen LogP contribution is 2.23. The van der Waals surface area contributed by atoms with Crippen LogP contribution in [0.3, 0.4) is 0 Å². The summed E-state index contributed by atoms with van der Waals surface area (Å²) in [5.41, 5.74) is 3.06. The number of rotatable bonds is 6. The largest absolute Gasteiger partial charge is 0.356 e. The van der Waals surface area contributed by atoms with E-state index in [1.807, 2.05) is 0 Å². The van der Waals surface area contributed by atoms with Crippen LogP contribution in [0.2, 0.25) is 0 Å². The normalized spacial score (nSPS) is 10.7. The Morgan fingerprint density at radius 3 is 1.71 bits per heavy atom. The van der Waals surface area contributed by atoms with Gasteiger partial charge in [-0.25, -0.2) is 0 Å². The molecule has 168 valence electrons. The first-order chi connectivity index (χ1) is 16.6. The third kappa shape index (κ3) is 4.19. The summed E-state index contributed by atoms with van der Waals surface area (Å²) >= 11 is 0. The van der Waals surface area contributed by atoms with Crippen molar-refractivity contribution in [3.63, 3.8) is 0 Å². The molecule has 0 aliphatic carbocycles. The van der Waals surface area contributed by atoms with Crippen molar-refractivity contribution >= 4 is 23.2 Å². The first-order valence-electron chi connectivity index (χ1n) is 10.3. The fraction of sp³-hybridized carbons (Fsp3) is 0.0417. The van der Waals surface area contributed by atoms with E-state index >= 15 is 0 Å². The van der Waals surface area contributed by atoms with E-state index in [2.05, 4.69) is 26.0 Å². The molecule has 0 aliphatic heterocycles. The quantitative estimate of drug-likeness (QED) is 0.393. The van der Waals surface area contributed by atoms with Crippen LogP contribution in [-0.2, 0) is 7.05 Å². The Hall–Kier alpha value is -4.99. The van der Waals surface area contributed by atoms with Gasteiger partial charge in [0.05, 0.1) is 24.2 Å². The van der Waals surface area contributed by atoms with Crippen LogP contribution in [0.4, 0.5) is 11.4 Å². The van der Waals surface area contributed by atoms with E-state index in [-0.39, 0.29) is 11.3 Å². The highest BCUT2D eigenvalue weighted by molar-refractivity contribution is 6.14. The van der Waals surface area contributed by atoms with Crippen molar-refractivity contribution in [1.29, 1.82) is 0 Å². The smallest absolute Gasteiger partial charge is 0.274 e. The maximum Gasteiger partial charge on any atom is 0.274 e. The second-order valence-electron chi connectivity index (χ2n) is 7.35. The molecule has 0 aliphatic rings. The fourth-order valence-electron chi connectivity index (χ4n) is 3.43. The lowest BCUT2D eigenvalue weighted by Crippen LogP contribution is -2.22. The molecule has 34 heavy (non-hydrogen) atoms. The van der Waals surface area contributed by atoms with Crippen LogP contribution in [0.25, 0.3) is 22.6 Å². The first-order valence-corrected chi connectivity index (χ1v) is 10.3. The number of carbonyl (C=O) groups excluding carboxylic acids is 2. The van der Waals surface area contributed by atoms with Gasteiger partial charge in [-0.05, 0) is 48.5 Å². The van der Waals surface area contributed by atoms with Gasteiger partial charge in [0.25, 0.3) is 11.8 Å². The zero-order valence-electron chi connectivity index (χ0n) is 17.9. The van der Waals surface area contributed by atoms with Crippen molar-refractivity contribution in [3.05, 3.63) is 90.5 Å². The number of benzene rings is 2. The van der Waals surface area contributed by atoms with Crippen LogP contribution in [0.5, 0.6) is 0 Å². The Morgan fingerprint density at radius 1 is 0.735 bits per heavy atom. The third-order valence-corrected chi connectivity index (χ3v) is 5.13. The molecule has 10 heteroatoms. The Balaban J connectivity index is 1.30. The molecule has 10 nitrogen and oxygen atoms in total. The average Bonchev–Trinajstić information content (AvgIpc) is 3.62. The number of nitrogens with zero attached hydrogens (tertiary/aromatic N) is 4. The molecular weight excluding hydrogens is 436 g/mol. The molecule has 0 radical (unpaired) electrons. The minimum atomic E-state index is -0.460. The van der Waals surface area contributed by atoms with E-state index in [1.165, 1.54) is 10.9 Å². The van der Waals surface area contributed by atoms with Crippen molar-refractivity contribution < 1.29 is 18.6 Å². The van der Waals surface area contributed by atoms with Gasteiger partial charge in [-0.3, -0.25) is 14.3 Å². The minimum absolute atomic E-state index is 0.134. The zero-order valence-corrected chi connectivity index (χ0v) is 17.9. The molecule has 3 heterocycles. The minimum Gasteiger partial charge on any atom is -0.356 e. The molecule has 5 rings (SSSR count). The molecule has 2 amide bonds. The van der Waals surface area contributed by atoms with Gasteiger partial charge < -0.3 is 19.7 Å². The lowest BCUT2D eigenvalue weighted by Gasteiger charge is -2.09. The summed E-state index contributed by atoms with van der Waals surface area (Å²) in [6.07, 6.45) is 4.48. The maximum absolute atomic E-state index is 13.0. The lowest BCUT2D eigenvalue weighted by molar-refractivity contribution is 0.0985. The summed E-state index contributed by atoms with van der Waals surface area (Å²) in [5.74, 6) is 0.333. The molecule has 3 aromatic heterocycles. The molecule has 0 fully saturated rings. The van der Waals surface area contributed by atoms with Gasteiger partial charge in [0, 0.05) is 41.7 Å². The number of amides is 2. The highest BCUT2D eigenvalue weighted by atomic mass is 16.5. The Morgan fingerprint density at radius 2 is 1.24 bits per heavy atom. The number of nitrogens with one attached hydrogen (secondary N) is 2. The summed E-state index contributed by atoms with van der Waals surface area (Å²) in [4.78, 5) is 25.9. The zero-order chi connectivity index (χ0) is 23.5. The standard InChI is InChI=1S/C24H18N6O4/c1-30-22(24(32)29-18-8-4-16(5-9-18)21-11-13-27-34-21)19(14-25-30)23(31)28-17-6-2-15(3-7-17)20-10-12-26-33-20/h2-14H,1H3,(H,28,31)(H,29,32). The van der Waals surface area contributed by atoms with Crippen LogP contribution < -0.4 is 10.6 Å². The molecule has 0 saturated carbocycles.